The quantitative estimate of drug-likeness (QED) is 0.411. The minimum atomic E-state index is -0.729. The molecule has 1 amide bonds. The maximum atomic E-state index is 14.0. The summed E-state index contributed by atoms with van der Waals surface area (Å²) in [5, 5.41) is 0. The van der Waals surface area contributed by atoms with Gasteiger partial charge in [-0.15, -0.1) is 0 Å². The Morgan fingerprint density at radius 1 is 1.14 bits per heavy atom. The van der Waals surface area contributed by atoms with Crippen LogP contribution in [0.4, 0.5) is 5.69 Å². The largest absolute Gasteiger partial charge is 0.458 e. The lowest BCUT2D eigenvalue weighted by Gasteiger charge is -2.24. The topological polar surface area (TPSA) is 81.0 Å². The molecule has 3 heterocycles. The Bertz CT molecular complexity index is 1580. The molecule has 3 aromatic rings. The molecule has 2 aliphatic heterocycles. The van der Waals surface area contributed by atoms with Crippen molar-refractivity contribution < 1.29 is 14.3 Å². The van der Waals surface area contributed by atoms with Crippen LogP contribution in [0.25, 0.3) is 5.57 Å². The van der Waals surface area contributed by atoms with Crippen molar-refractivity contribution in [2.45, 2.75) is 19.9 Å². The van der Waals surface area contributed by atoms with Crippen LogP contribution >= 0.6 is 11.3 Å². The van der Waals surface area contributed by atoms with E-state index in [1.165, 1.54) is 22.0 Å². The molecule has 8 heteroatoms. The van der Waals surface area contributed by atoms with E-state index in [2.05, 4.69) is 11.6 Å². The average Bonchev–Trinajstić information content (AvgIpc) is 3.34. The fourth-order valence-electron chi connectivity index (χ4n) is 4.61. The number of fused-ring (bicyclic) bond motifs is 2. The Labute approximate surface area is 205 Å². The van der Waals surface area contributed by atoms with Crippen LogP contribution in [0.1, 0.15) is 31.0 Å². The summed E-state index contributed by atoms with van der Waals surface area (Å²) in [5.74, 6) is -0.769. The summed E-state index contributed by atoms with van der Waals surface area (Å²) in [5.41, 5.74) is 3.02. The third-order valence-corrected chi connectivity index (χ3v) is 7.18. The maximum absolute atomic E-state index is 14.0. The number of para-hydroxylation sites is 1. The molecule has 0 bridgehead atoms. The van der Waals surface area contributed by atoms with E-state index in [0.717, 1.165) is 16.8 Å². The number of ether oxygens (including phenoxy) is 1. The summed E-state index contributed by atoms with van der Waals surface area (Å²) >= 11 is 1.17. The lowest BCUT2D eigenvalue weighted by atomic mass is 9.96. The maximum Gasteiger partial charge on any atom is 0.338 e. The van der Waals surface area contributed by atoms with E-state index in [1.807, 2.05) is 61.5 Å². The Hall–Kier alpha value is -4.04. The van der Waals surface area contributed by atoms with Gasteiger partial charge in [-0.05, 0) is 25.5 Å². The molecule has 0 N–H and O–H groups in total. The number of allylic oxidation sites excluding steroid dienone is 1. The van der Waals surface area contributed by atoms with Gasteiger partial charge in [0.2, 0.25) is 0 Å². The summed E-state index contributed by atoms with van der Waals surface area (Å²) < 4.78 is 7.17. The highest BCUT2D eigenvalue weighted by molar-refractivity contribution is 7.07. The lowest BCUT2D eigenvalue weighted by Crippen LogP contribution is -2.41. The van der Waals surface area contributed by atoms with Gasteiger partial charge in [-0.2, -0.15) is 0 Å². The SMILES string of the molecule is C=CCOC(=O)C1=C(C)N=c2s/c(=C3/C(=O)N(CC)c4ccccc43)c(=O)n2C1c1ccccc1. The molecule has 0 saturated carbocycles. The Morgan fingerprint density at radius 2 is 1.86 bits per heavy atom. The van der Waals surface area contributed by atoms with Crippen LogP contribution in [0.15, 0.2) is 88.3 Å². The first-order chi connectivity index (χ1) is 17.0. The number of nitrogens with zero attached hydrogens (tertiary/aromatic N) is 3. The first kappa shape index (κ1) is 22.7. The van der Waals surface area contributed by atoms with Crippen molar-refractivity contribution in [3.63, 3.8) is 0 Å². The van der Waals surface area contributed by atoms with E-state index in [-0.39, 0.29) is 23.6 Å². The molecule has 0 radical (unpaired) electrons. The molecule has 0 spiro atoms. The van der Waals surface area contributed by atoms with E-state index >= 15 is 0 Å². The van der Waals surface area contributed by atoms with Gasteiger partial charge < -0.3 is 9.64 Å². The summed E-state index contributed by atoms with van der Waals surface area (Å²) in [7, 11) is 0. The zero-order valence-corrected chi connectivity index (χ0v) is 20.2. The molecule has 1 unspecified atom stereocenters. The highest BCUT2D eigenvalue weighted by Gasteiger charge is 2.36. The van der Waals surface area contributed by atoms with Crippen LogP contribution in [0.3, 0.4) is 0 Å². The molecular formula is C27H23N3O4S. The van der Waals surface area contributed by atoms with Crippen molar-refractivity contribution in [3.05, 3.63) is 109 Å². The van der Waals surface area contributed by atoms with Crippen LogP contribution in [0.2, 0.25) is 0 Å². The molecule has 0 saturated heterocycles. The number of aromatic nitrogens is 1. The Balaban J connectivity index is 1.80. The van der Waals surface area contributed by atoms with Gasteiger partial charge in [0.15, 0.2) is 4.80 Å². The number of hydrogen-bond acceptors (Lipinski definition) is 6. The molecule has 2 aromatic carbocycles. The summed E-state index contributed by atoms with van der Waals surface area (Å²) in [6.45, 7) is 7.77. The van der Waals surface area contributed by atoms with Crippen LogP contribution in [-0.2, 0) is 14.3 Å². The van der Waals surface area contributed by atoms with Crippen LogP contribution in [0, 0.1) is 0 Å². The molecule has 0 aliphatic carbocycles. The van der Waals surface area contributed by atoms with E-state index in [9.17, 15) is 14.4 Å². The van der Waals surface area contributed by atoms with Crippen LogP contribution in [0.5, 0.6) is 0 Å². The molecule has 1 atom stereocenters. The standard InChI is InChI=1S/C27H23N3O4S/c1-4-15-34-26(33)20-16(3)28-27-30(22(20)17-11-7-6-8-12-17)25(32)23(35-27)21-18-13-9-10-14-19(18)29(5-2)24(21)31/h4,6-14,22H,1,5,15H2,2-3H3/b23-21+. The predicted octanol–water partition coefficient (Wildman–Crippen LogP) is 2.70. The normalized spacial score (nSPS) is 18.2. The minimum absolute atomic E-state index is 0.0455. The predicted molar refractivity (Wildman–Crippen MR) is 135 cm³/mol. The lowest BCUT2D eigenvalue weighted by molar-refractivity contribution is -0.138. The van der Waals surface area contributed by atoms with Gasteiger partial charge in [-0.25, -0.2) is 9.79 Å². The molecule has 2 aliphatic rings. The Morgan fingerprint density at radius 3 is 2.57 bits per heavy atom. The second kappa shape index (κ2) is 8.96. The van der Waals surface area contributed by atoms with Gasteiger partial charge in [-0.3, -0.25) is 14.2 Å². The van der Waals surface area contributed by atoms with Crippen molar-refractivity contribution in [2.75, 3.05) is 18.1 Å². The van der Waals surface area contributed by atoms with Gasteiger partial charge in [0.25, 0.3) is 11.5 Å². The van der Waals surface area contributed by atoms with Gasteiger partial charge in [0.05, 0.1) is 28.6 Å². The first-order valence-corrected chi connectivity index (χ1v) is 12.1. The number of hydrogen-bond donors (Lipinski definition) is 0. The van der Waals surface area contributed by atoms with E-state index in [4.69, 9.17) is 4.74 Å². The molecule has 0 fully saturated rings. The van der Waals surface area contributed by atoms with Gasteiger partial charge in [0.1, 0.15) is 11.1 Å². The highest BCUT2D eigenvalue weighted by atomic mass is 32.1. The van der Waals surface area contributed by atoms with E-state index in [0.29, 0.717) is 27.1 Å². The number of amides is 1. The first-order valence-electron chi connectivity index (χ1n) is 11.3. The van der Waals surface area contributed by atoms with Crippen LogP contribution < -0.4 is 19.8 Å². The summed E-state index contributed by atoms with van der Waals surface area (Å²) in [6, 6.07) is 16.0. The van der Waals surface area contributed by atoms with Gasteiger partial charge in [-0.1, -0.05) is 72.5 Å². The fourth-order valence-corrected chi connectivity index (χ4v) is 5.75. The highest BCUT2D eigenvalue weighted by Crippen LogP contribution is 2.35. The monoisotopic (exact) mass is 485 g/mol. The average molecular weight is 486 g/mol. The third-order valence-electron chi connectivity index (χ3n) is 6.13. The van der Waals surface area contributed by atoms with Crippen LogP contribution in [-0.4, -0.2) is 29.6 Å². The number of rotatable bonds is 5. The van der Waals surface area contributed by atoms with Crippen molar-refractivity contribution in [1.29, 1.82) is 0 Å². The summed E-state index contributed by atoms with van der Waals surface area (Å²) in [6.07, 6.45) is 1.49. The number of carbonyl (C=O) groups is 2. The zero-order chi connectivity index (χ0) is 24.7. The molecule has 5 rings (SSSR count). The molecule has 1 aromatic heterocycles. The second-order valence-corrected chi connectivity index (χ2v) is 9.12. The summed E-state index contributed by atoms with van der Waals surface area (Å²) in [4.78, 5) is 47.1. The molecular weight excluding hydrogens is 462 g/mol. The number of thiazole rings is 1. The zero-order valence-electron chi connectivity index (χ0n) is 19.4. The van der Waals surface area contributed by atoms with Crippen molar-refractivity contribution >= 4 is 34.5 Å². The van der Waals surface area contributed by atoms with E-state index < -0.39 is 12.0 Å². The molecule has 35 heavy (non-hydrogen) atoms. The Kier molecular flexibility index (Phi) is 5.82. The number of esters is 1. The number of benzene rings is 2. The van der Waals surface area contributed by atoms with Crippen molar-refractivity contribution in [2.24, 2.45) is 4.99 Å². The fraction of sp³-hybridized carbons (Fsp3) is 0.185. The smallest absolute Gasteiger partial charge is 0.338 e. The third kappa shape index (κ3) is 3.57. The number of anilines is 1. The van der Waals surface area contributed by atoms with Gasteiger partial charge >= 0.3 is 5.97 Å². The second-order valence-electron chi connectivity index (χ2n) is 8.14. The minimum Gasteiger partial charge on any atom is -0.458 e. The van der Waals surface area contributed by atoms with Gasteiger partial charge in [0, 0.05) is 12.1 Å². The van der Waals surface area contributed by atoms with Crippen molar-refractivity contribution in [3.8, 4) is 0 Å². The molecule has 7 nitrogen and oxygen atoms in total. The number of likely N-dealkylation sites (N-methyl/N-ethyl adjacent to an activating group) is 1. The molecule has 176 valence electrons. The van der Waals surface area contributed by atoms with Crippen molar-refractivity contribution in [1.82, 2.24) is 4.57 Å². The van der Waals surface area contributed by atoms with E-state index in [1.54, 1.807) is 11.8 Å². The number of carbonyl (C=O) groups excluding carboxylic acids is 2.